The number of carbonyl (C=O) groups excluding carboxylic acids is 1. The number of hydrogen-bond donors (Lipinski definition) is 0. The zero-order valence-corrected chi connectivity index (χ0v) is 15.9. The molecule has 5 rings (SSSR count). The molecule has 29 heavy (non-hydrogen) atoms. The number of nitrogens with zero attached hydrogens (tertiary/aromatic N) is 3. The summed E-state index contributed by atoms with van der Waals surface area (Å²) in [5.41, 5.74) is 2.86. The SMILES string of the molecule is Cn1c(CN(Cc2ccc3c(c2)OCO3)C(=O)c2ccco2)nc2ccccc21. The summed E-state index contributed by atoms with van der Waals surface area (Å²) < 4.78 is 18.2. The molecule has 0 fully saturated rings. The summed E-state index contributed by atoms with van der Waals surface area (Å²) in [4.78, 5) is 19.5. The number of ether oxygens (including phenoxy) is 2. The van der Waals surface area contributed by atoms with Crippen LogP contribution in [-0.4, -0.2) is 27.2 Å². The van der Waals surface area contributed by atoms with Crippen LogP contribution < -0.4 is 9.47 Å². The van der Waals surface area contributed by atoms with E-state index in [1.807, 2.05) is 54.1 Å². The second kappa shape index (κ2) is 7.01. The van der Waals surface area contributed by atoms with Crippen LogP contribution in [0.3, 0.4) is 0 Å². The van der Waals surface area contributed by atoms with Crippen LogP contribution >= 0.6 is 0 Å². The molecule has 2 aromatic heterocycles. The lowest BCUT2D eigenvalue weighted by Crippen LogP contribution is -2.31. The summed E-state index contributed by atoms with van der Waals surface area (Å²) in [6.07, 6.45) is 1.50. The van der Waals surface area contributed by atoms with Crippen LogP contribution in [-0.2, 0) is 20.1 Å². The molecule has 3 heterocycles. The zero-order valence-electron chi connectivity index (χ0n) is 15.9. The number of amides is 1. The molecule has 2 aromatic carbocycles. The molecule has 7 heteroatoms. The average molecular weight is 389 g/mol. The highest BCUT2D eigenvalue weighted by molar-refractivity contribution is 5.91. The predicted molar refractivity (Wildman–Crippen MR) is 106 cm³/mol. The Morgan fingerprint density at radius 3 is 2.76 bits per heavy atom. The van der Waals surface area contributed by atoms with E-state index >= 15 is 0 Å². The molecule has 0 N–H and O–H groups in total. The molecule has 0 saturated heterocycles. The van der Waals surface area contributed by atoms with Crippen LogP contribution in [0.1, 0.15) is 21.9 Å². The van der Waals surface area contributed by atoms with Crippen LogP contribution in [0.15, 0.2) is 65.3 Å². The Bertz CT molecular complexity index is 1180. The van der Waals surface area contributed by atoms with Crippen LogP contribution in [0.25, 0.3) is 11.0 Å². The largest absolute Gasteiger partial charge is 0.459 e. The summed E-state index contributed by atoms with van der Waals surface area (Å²) in [5.74, 6) is 2.31. The van der Waals surface area contributed by atoms with Gasteiger partial charge in [-0.2, -0.15) is 0 Å². The Hall–Kier alpha value is -3.74. The Morgan fingerprint density at radius 2 is 1.93 bits per heavy atom. The number of imidazole rings is 1. The van der Waals surface area contributed by atoms with Gasteiger partial charge >= 0.3 is 0 Å². The standard InChI is InChI=1S/C22H19N3O4/c1-24-17-6-3-2-5-16(17)23-21(24)13-25(22(26)19-7-4-10-27-19)12-15-8-9-18-20(11-15)29-14-28-18/h2-11H,12-14H2,1H3. The van der Waals surface area contributed by atoms with Crippen molar-refractivity contribution in [1.29, 1.82) is 0 Å². The van der Waals surface area contributed by atoms with E-state index in [1.165, 1.54) is 6.26 Å². The third kappa shape index (κ3) is 3.20. The number of hydrogen-bond acceptors (Lipinski definition) is 5. The summed E-state index contributed by atoms with van der Waals surface area (Å²) in [6.45, 7) is 0.951. The van der Waals surface area contributed by atoms with Gasteiger partial charge in [0.05, 0.1) is 23.8 Å². The molecule has 0 bridgehead atoms. The van der Waals surface area contributed by atoms with Crippen LogP contribution in [0.4, 0.5) is 0 Å². The van der Waals surface area contributed by atoms with Crippen molar-refractivity contribution in [3.63, 3.8) is 0 Å². The van der Waals surface area contributed by atoms with E-state index in [0.29, 0.717) is 30.3 Å². The fourth-order valence-electron chi connectivity index (χ4n) is 3.52. The third-order valence-corrected chi connectivity index (χ3v) is 5.04. The number of fused-ring (bicyclic) bond motifs is 2. The molecular weight excluding hydrogens is 370 g/mol. The van der Waals surface area contributed by atoms with Gasteiger partial charge in [0.2, 0.25) is 6.79 Å². The number of rotatable bonds is 5. The van der Waals surface area contributed by atoms with E-state index in [1.54, 1.807) is 17.0 Å². The normalized spacial score (nSPS) is 12.4. The van der Waals surface area contributed by atoms with Gasteiger partial charge in [0.25, 0.3) is 5.91 Å². The minimum absolute atomic E-state index is 0.195. The lowest BCUT2D eigenvalue weighted by molar-refractivity contribution is 0.0691. The van der Waals surface area contributed by atoms with Crippen molar-refractivity contribution >= 4 is 16.9 Å². The molecule has 0 radical (unpaired) electrons. The van der Waals surface area contributed by atoms with Crippen molar-refractivity contribution in [3.8, 4) is 11.5 Å². The van der Waals surface area contributed by atoms with Gasteiger partial charge in [-0.05, 0) is 42.0 Å². The van der Waals surface area contributed by atoms with Crippen molar-refractivity contribution in [2.75, 3.05) is 6.79 Å². The van der Waals surface area contributed by atoms with Gasteiger partial charge in [0, 0.05) is 13.6 Å². The van der Waals surface area contributed by atoms with Gasteiger partial charge in [0.15, 0.2) is 17.3 Å². The summed E-state index contributed by atoms with van der Waals surface area (Å²) in [5, 5.41) is 0. The Labute approximate surface area is 167 Å². The van der Waals surface area contributed by atoms with Crippen molar-refractivity contribution in [2.45, 2.75) is 13.1 Å². The van der Waals surface area contributed by atoms with Gasteiger partial charge in [-0.3, -0.25) is 4.79 Å². The fraction of sp³-hybridized carbons (Fsp3) is 0.182. The molecule has 0 saturated carbocycles. The van der Waals surface area contributed by atoms with Crippen molar-refractivity contribution < 1.29 is 18.7 Å². The molecule has 0 spiro atoms. The van der Waals surface area contributed by atoms with E-state index in [0.717, 1.165) is 22.4 Å². The quantitative estimate of drug-likeness (QED) is 0.520. The summed E-state index contributed by atoms with van der Waals surface area (Å²) in [7, 11) is 1.96. The van der Waals surface area contributed by atoms with Crippen LogP contribution in [0.5, 0.6) is 11.5 Å². The van der Waals surface area contributed by atoms with Crippen LogP contribution in [0.2, 0.25) is 0 Å². The first-order valence-corrected chi connectivity index (χ1v) is 9.31. The van der Waals surface area contributed by atoms with E-state index in [9.17, 15) is 4.79 Å². The second-order valence-corrected chi connectivity index (χ2v) is 6.90. The number of aryl methyl sites for hydroxylation is 1. The molecule has 1 aliphatic rings. The molecule has 4 aromatic rings. The van der Waals surface area contributed by atoms with Gasteiger partial charge < -0.3 is 23.4 Å². The minimum Gasteiger partial charge on any atom is -0.459 e. The Morgan fingerprint density at radius 1 is 1.07 bits per heavy atom. The second-order valence-electron chi connectivity index (χ2n) is 6.90. The van der Waals surface area contributed by atoms with Gasteiger partial charge in [0.1, 0.15) is 5.82 Å². The lowest BCUT2D eigenvalue weighted by Gasteiger charge is -2.22. The highest BCUT2D eigenvalue weighted by Gasteiger charge is 2.23. The van der Waals surface area contributed by atoms with Crippen molar-refractivity contribution in [2.24, 2.45) is 7.05 Å². The number of carbonyl (C=O) groups is 1. The molecule has 0 aliphatic carbocycles. The smallest absolute Gasteiger partial charge is 0.290 e. The highest BCUT2D eigenvalue weighted by Crippen LogP contribution is 2.33. The Kier molecular flexibility index (Phi) is 4.20. The minimum atomic E-state index is -0.195. The Balaban J connectivity index is 1.48. The number of para-hydroxylation sites is 2. The highest BCUT2D eigenvalue weighted by atomic mass is 16.7. The lowest BCUT2D eigenvalue weighted by atomic mass is 10.2. The van der Waals surface area contributed by atoms with E-state index < -0.39 is 0 Å². The number of furan rings is 1. The maximum atomic E-state index is 13.1. The monoisotopic (exact) mass is 389 g/mol. The fourth-order valence-corrected chi connectivity index (χ4v) is 3.52. The van der Waals surface area contributed by atoms with E-state index in [-0.39, 0.29) is 12.7 Å². The first-order valence-electron chi connectivity index (χ1n) is 9.31. The zero-order chi connectivity index (χ0) is 19.8. The molecule has 1 amide bonds. The molecule has 0 unspecified atom stereocenters. The summed E-state index contributed by atoms with van der Waals surface area (Å²) >= 11 is 0. The molecule has 0 atom stereocenters. The van der Waals surface area contributed by atoms with Gasteiger partial charge in [-0.15, -0.1) is 0 Å². The molecule has 1 aliphatic heterocycles. The third-order valence-electron chi connectivity index (χ3n) is 5.04. The maximum Gasteiger partial charge on any atom is 0.290 e. The van der Waals surface area contributed by atoms with E-state index in [4.69, 9.17) is 18.9 Å². The maximum absolute atomic E-state index is 13.1. The van der Waals surface area contributed by atoms with Crippen molar-refractivity contribution in [3.05, 3.63) is 78.0 Å². The first-order chi connectivity index (χ1) is 14.2. The predicted octanol–water partition coefficient (Wildman–Crippen LogP) is 3.74. The topological polar surface area (TPSA) is 69.7 Å². The number of aromatic nitrogens is 2. The number of benzene rings is 2. The van der Waals surface area contributed by atoms with E-state index in [2.05, 4.69) is 0 Å². The molecular formula is C22H19N3O4. The molecule has 7 nitrogen and oxygen atoms in total. The molecule has 146 valence electrons. The first kappa shape index (κ1) is 17.4. The van der Waals surface area contributed by atoms with Gasteiger partial charge in [-0.25, -0.2) is 4.98 Å². The van der Waals surface area contributed by atoms with Crippen LogP contribution in [0, 0.1) is 0 Å². The summed E-state index contributed by atoms with van der Waals surface area (Å²) in [6, 6.07) is 17.0. The average Bonchev–Trinajstić information content (AvgIpc) is 3.48. The van der Waals surface area contributed by atoms with Crippen molar-refractivity contribution in [1.82, 2.24) is 14.5 Å². The van der Waals surface area contributed by atoms with Gasteiger partial charge in [-0.1, -0.05) is 18.2 Å².